The van der Waals surface area contributed by atoms with Crippen LogP contribution >= 0.6 is 0 Å². The smallest absolute Gasteiger partial charge is 0.234 e. The quantitative estimate of drug-likeness (QED) is 0.273. The molecule has 3 saturated heterocycles. The first kappa shape index (κ1) is 32.6. The van der Waals surface area contributed by atoms with Gasteiger partial charge in [0.25, 0.3) is 0 Å². The molecule has 12 nitrogen and oxygen atoms in total. The summed E-state index contributed by atoms with van der Waals surface area (Å²) in [5.41, 5.74) is -0.183. The van der Waals surface area contributed by atoms with Gasteiger partial charge in [-0.2, -0.15) is 0 Å². The second-order valence-electron chi connectivity index (χ2n) is 12.0. The number of nitrogens with one attached hydrogen (secondary N) is 2. The van der Waals surface area contributed by atoms with Gasteiger partial charge in [0.05, 0.1) is 45.6 Å². The highest BCUT2D eigenvalue weighted by Gasteiger charge is 2.51. The van der Waals surface area contributed by atoms with Crippen LogP contribution in [0.25, 0.3) is 0 Å². The van der Waals surface area contributed by atoms with E-state index in [1.54, 1.807) is 45.0 Å². The number of carbonyl (C=O) groups is 5. The van der Waals surface area contributed by atoms with Crippen molar-refractivity contribution in [1.29, 1.82) is 0 Å². The topological polar surface area (TPSA) is 147 Å². The molecule has 5 unspecified atom stereocenters. The fourth-order valence-electron chi connectivity index (χ4n) is 5.59. The minimum atomic E-state index is -0.994. The molecular formula is C31H44N4O8. The zero-order chi connectivity index (χ0) is 31.1. The van der Waals surface area contributed by atoms with Crippen LogP contribution in [0.1, 0.15) is 38.7 Å². The third-order valence-electron chi connectivity index (χ3n) is 8.58. The molecule has 4 rings (SSSR count). The molecule has 1 aromatic carbocycles. The van der Waals surface area contributed by atoms with Crippen LogP contribution in [0, 0.1) is 11.8 Å². The lowest BCUT2D eigenvalue weighted by molar-refractivity contribution is -0.136. The Morgan fingerprint density at radius 1 is 1.09 bits per heavy atom. The van der Waals surface area contributed by atoms with E-state index in [4.69, 9.17) is 14.2 Å². The summed E-state index contributed by atoms with van der Waals surface area (Å²) in [6, 6.07) is 5.47. The maximum Gasteiger partial charge on any atom is 0.234 e. The summed E-state index contributed by atoms with van der Waals surface area (Å²) >= 11 is 0. The molecule has 1 aromatic rings. The molecule has 43 heavy (non-hydrogen) atoms. The lowest BCUT2D eigenvalue weighted by atomic mass is 9.88. The number of likely N-dealkylation sites (tertiary alicyclic amines) is 1. The predicted molar refractivity (Wildman–Crippen MR) is 156 cm³/mol. The molecular weight excluding hydrogens is 556 g/mol. The number of amides is 3. The van der Waals surface area contributed by atoms with Gasteiger partial charge in [-0.3, -0.25) is 28.9 Å². The van der Waals surface area contributed by atoms with E-state index in [9.17, 15) is 24.0 Å². The van der Waals surface area contributed by atoms with Crippen LogP contribution in [0.15, 0.2) is 24.3 Å². The monoisotopic (exact) mass is 600 g/mol. The van der Waals surface area contributed by atoms with Gasteiger partial charge in [0.15, 0.2) is 11.6 Å². The standard InChI is InChI=1S/C31H44N4O8/c1-20(32-27(37)18-35-11-13-42-14-12-35)26(36)17-23(15-21-5-7-24(41-4)8-6-21)29(39)33-25(28(38)31(2)19-43-31)16-22-9-10-34(3)30(22)40/h5-8,20,22-23,25H,9-19H2,1-4H3,(H,32,37)(H,33,39). The van der Waals surface area contributed by atoms with Crippen LogP contribution in [-0.2, 0) is 39.9 Å². The van der Waals surface area contributed by atoms with Crippen molar-refractivity contribution >= 4 is 29.3 Å². The van der Waals surface area contributed by atoms with Crippen molar-refractivity contribution in [1.82, 2.24) is 20.4 Å². The molecule has 0 bridgehead atoms. The van der Waals surface area contributed by atoms with Gasteiger partial charge in [-0.25, -0.2) is 0 Å². The van der Waals surface area contributed by atoms with Crippen molar-refractivity contribution in [2.75, 3.05) is 60.2 Å². The van der Waals surface area contributed by atoms with Crippen molar-refractivity contribution in [2.45, 2.75) is 57.2 Å². The van der Waals surface area contributed by atoms with Crippen LogP contribution in [-0.4, -0.2) is 117 Å². The van der Waals surface area contributed by atoms with Crippen LogP contribution in [0.3, 0.4) is 0 Å². The van der Waals surface area contributed by atoms with Gasteiger partial charge in [0, 0.05) is 44.9 Å². The minimum Gasteiger partial charge on any atom is -0.497 e. The Morgan fingerprint density at radius 2 is 1.77 bits per heavy atom. The van der Waals surface area contributed by atoms with Gasteiger partial charge < -0.3 is 29.7 Å². The molecule has 3 amide bonds. The predicted octanol–water partition coefficient (Wildman–Crippen LogP) is 0.361. The summed E-state index contributed by atoms with van der Waals surface area (Å²) in [7, 11) is 3.28. The zero-order valence-corrected chi connectivity index (χ0v) is 25.6. The van der Waals surface area contributed by atoms with Crippen molar-refractivity contribution in [3.8, 4) is 5.75 Å². The molecule has 0 spiro atoms. The molecule has 2 N–H and O–H groups in total. The van der Waals surface area contributed by atoms with Gasteiger partial charge in [0.1, 0.15) is 11.4 Å². The maximum atomic E-state index is 13.8. The molecule has 5 atom stereocenters. The van der Waals surface area contributed by atoms with Crippen LogP contribution < -0.4 is 15.4 Å². The average molecular weight is 601 g/mol. The number of hydrogen-bond acceptors (Lipinski definition) is 9. The number of hydrogen-bond donors (Lipinski definition) is 2. The molecule has 12 heteroatoms. The largest absolute Gasteiger partial charge is 0.497 e. The highest BCUT2D eigenvalue weighted by atomic mass is 16.6. The summed E-state index contributed by atoms with van der Waals surface area (Å²) in [5, 5.41) is 5.65. The summed E-state index contributed by atoms with van der Waals surface area (Å²) in [6.45, 7) is 6.71. The van der Waals surface area contributed by atoms with Gasteiger partial charge in [-0.1, -0.05) is 12.1 Å². The van der Waals surface area contributed by atoms with Crippen LogP contribution in [0.5, 0.6) is 5.75 Å². The fourth-order valence-corrected chi connectivity index (χ4v) is 5.59. The number of methoxy groups -OCH3 is 1. The van der Waals surface area contributed by atoms with E-state index in [2.05, 4.69) is 10.6 Å². The number of carbonyl (C=O) groups excluding carboxylic acids is 5. The molecule has 3 aliphatic heterocycles. The van der Waals surface area contributed by atoms with Crippen molar-refractivity contribution in [3.05, 3.63) is 29.8 Å². The molecule has 3 fully saturated rings. The van der Waals surface area contributed by atoms with E-state index in [-0.39, 0.29) is 61.7 Å². The summed E-state index contributed by atoms with van der Waals surface area (Å²) in [5.74, 6) is -1.90. The van der Waals surface area contributed by atoms with Gasteiger partial charge >= 0.3 is 0 Å². The first-order valence-corrected chi connectivity index (χ1v) is 15.0. The highest BCUT2D eigenvalue weighted by Crippen LogP contribution is 2.31. The lowest BCUT2D eigenvalue weighted by Gasteiger charge is -2.27. The Morgan fingerprint density at radius 3 is 2.35 bits per heavy atom. The van der Waals surface area contributed by atoms with Gasteiger partial charge in [-0.05, 0) is 50.8 Å². The van der Waals surface area contributed by atoms with Crippen LogP contribution in [0.2, 0.25) is 0 Å². The number of ether oxygens (including phenoxy) is 3. The van der Waals surface area contributed by atoms with E-state index < -0.39 is 29.5 Å². The van der Waals surface area contributed by atoms with Crippen LogP contribution in [0.4, 0.5) is 0 Å². The molecule has 0 saturated carbocycles. The summed E-state index contributed by atoms with van der Waals surface area (Å²) < 4.78 is 15.9. The second kappa shape index (κ2) is 14.4. The lowest BCUT2D eigenvalue weighted by Crippen LogP contribution is -2.50. The molecule has 236 valence electrons. The molecule has 3 heterocycles. The number of rotatable bonds is 15. The molecule has 0 aromatic heterocycles. The van der Waals surface area contributed by atoms with Crippen molar-refractivity contribution < 1.29 is 38.2 Å². The van der Waals surface area contributed by atoms with Gasteiger partial charge in [0.2, 0.25) is 17.7 Å². The van der Waals surface area contributed by atoms with E-state index in [1.165, 1.54) is 0 Å². The third kappa shape index (κ3) is 8.84. The second-order valence-corrected chi connectivity index (χ2v) is 12.0. The van der Waals surface area contributed by atoms with E-state index in [0.717, 1.165) is 5.56 Å². The molecule has 0 radical (unpaired) electrons. The number of ketones is 2. The Labute approximate surface area is 252 Å². The van der Waals surface area contributed by atoms with E-state index >= 15 is 0 Å². The van der Waals surface area contributed by atoms with Crippen molar-refractivity contribution in [3.63, 3.8) is 0 Å². The normalized spacial score (nSPS) is 24.1. The summed E-state index contributed by atoms with van der Waals surface area (Å²) in [6.07, 6.45) is 0.859. The van der Waals surface area contributed by atoms with Gasteiger partial charge in [-0.15, -0.1) is 0 Å². The number of epoxide rings is 1. The Balaban J connectivity index is 1.46. The average Bonchev–Trinajstić information content (AvgIpc) is 3.68. The van der Waals surface area contributed by atoms with Crippen molar-refractivity contribution in [2.24, 2.45) is 11.8 Å². The number of morpholine rings is 1. The third-order valence-corrected chi connectivity index (χ3v) is 8.58. The first-order chi connectivity index (χ1) is 20.5. The van der Waals surface area contributed by atoms with E-state index in [1.807, 2.05) is 17.0 Å². The van der Waals surface area contributed by atoms with E-state index in [0.29, 0.717) is 45.0 Å². The molecule has 3 aliphatic rings. The minimum absolute atomic E-state index is 0.0551. The zero-order valence-electron chi connectivity index (χ0n) is 25.6. The highest BCUT2D eigenvalue weighted by molar-refractivity contribution is 5.98. The fraction of sp³-hybridized carbons (Fsp3) is 0.645. The summed E-state index contributed by atoms with van der Waals surface area (Å²) in [4.78, 5) is 69.4. The Bertz CT molecular complexity index is 1180. The SMILES string of the molecule is COc1ccc(CC(CC(=O)C(C)NC(=O)CN2CCOCC2)C(=O)NC(CC2CCN(C)C2=O)C(=O)C2(C)CO2)cc1. The number of Topliss-reactive ketones (excluding diaryl/α,β-unsaturated/α-hetero) is 2. The maximum absolute atomic E-state index is 13.8. The first-order valence-electron chi connectivity index (χ1n) is 15.0. The Kier molecular flexibility index (Phi) is 10.9. The number of benzene rings is 1. The Hall–Kier alpha value is -3.35. The number of nitrogens with zero attached hydrogens (tertiary/aromatic N) is 2. The molecule has 0 aliphatic carbocycles.